The van der Waals surface area contributed by atoms with E-state index in [9.17, 15) is 8.42 Å². The van der Waals surface area contributed by atoms with Crippen LogP contribution in [0, 0.1) is 12.5 Å². The van der Waals surface area contributed by atoms with Gasteiger partial charge in [0.15, 0.2) is 0 Å². The molecule has 0 amide bonds. The molecule has 1 radical (unpaired) electrons. The van der Waals surface area contributed by atoms with Crippen LogP contribution in [0.3, 0.4) is 0 Å². The van der Waals surface area contributed by atoms with E-state index in [1.165, 1.54) is 6.08 Å². The highest BCUT2D eigenvalue weighted by molar-refractivity contribution is 7.85. The van der Waals surface area contributed by atoms with E-state index in [1.807, 2.05) is 6.92 Å². The molecule has 0 saturated carbocycles. The van der Waals surface area contributed by atoms with Crippen LogP contribution >= 0.6 is 0 Å². The van der Waals surface area contributed by atoms with Crippen LogP contribution in [0.15, 0.2) is 6.08 Å². The summed E-state index contributed by atoms with van der Waals surface area (Å²) >= 11 is 0. The van der Waals surface area contributed by atoms with Crippen LogP contribution in [0.2, 0.25) is 0 Å². The van der Waals surface area contributed by atoms with Crippen molar-refractivity contribution in [2.24, 2.45) is 5.92 Å². The van der Waals surface area contributed by atoms with E-state index in [4.69, 9.17) is 11.1 Å². The maximum Gasteiger partial charge on any atom is 0.264 e. The quantitative estimate of drug-likeness (QED) is 0.643. The van der Waals surface area contributed by atoms with Crippen LogP contribution in [-0.2, 0) is 10.1 Å². The molecule has 0 aromatic heterocycles. The Morgan fingerprint density at radius 3 is 2.55 bits per heavy atom. The predicted molar refractivity (Wildman–Crippen MR) is 43.7 cm³/mol. The first-order valence-corrected chi connectivity index (χ1v) is 5.07. The predicted octanol–water partition coefficient (Wildman–Crippen LogP) is 1.28. The largest absolute Gasteiger partial charge is 0.286 e. The fraction of sp³-hybridized carbons (Fsp3) is 0.714. The molecule has 0 fully saturated rings. The Hall–Kier alpha value is -0.350. The highest BCUT2D eigenvalue weighted by atomic mass is 32.2. The lowest BCUT2D eigenvalue weighted by Gasteiger charge is -2.02. The second-order valence-electron chi connectivity index (χ2n) is 2.60. The molecule has 0 spiro atoms. The standard InChI is InChI=1S/C7H13O3S/c1-3-7(2)5-4-6-11(8,9)10/h1,3,7H,4-6H2,2H3,(H,8,9,10). The average molecular weight is 177 g/mol. The smallest absolute Gasteiger partial charge is 0.264 e. The average Bonchev–Trinajstić information content (AvgIpc) is 1.85. The maximum atomic E-state index is 10.2. The zero-order chi connectivity index (χ0) is 8.91. The lowest BCUT2D eigenvalue weighted by atomic mass is 10.1. The van der Waals surface area contributed by atoms with Crippen LogP contribution in [-0.4, -0.2) is 18.7 Å². The first-order valence-electron chi connectivity index (χ1n) is 3.46. The summed E-state index contributed by atoms with van der Waals surface area (Å²) in [6, 6.07) is 0. The monoisotopic (exact) mass is 177 g/mol. The normalized spacial score (nSPS) is 14.4. The van der Waals surface area contributed by atoms with Crippen molar-refractivity contribution in [3.63, 3.8) is 0 Å². The second kappa shape index (κ2) is 4.51. The van der Waals surface area contributed by atoms with E-state index in [1.54, 1.807) is 0 Å². The third-order valence-corrected chi connectivity index (χ3v) is 2.19. The Balaban J connectivity index is 3.51. The molecule has 3 nitrogen and oxygen atoms in total. The van der Waals surface area contributed by atoms with Gasteiger partial charge in [0.2, 0.25) is 0 Å². The number of allylic oxidation sites excluding steroid dienone is 1. The molecule has 0 saturated heterocycles. The topological polar surface area (TPSA) is 54.4 Å². The second-order valence-corrected chi connectivity index (χ2v) is 4.17. The van der Waals surface area contributed by atoms with Gasteiger partial charge in [0.1, 0.15) is 0 Å². The Morgan fingerprint density at radius 1 is 1.64 bits per heavy atom. The van der Waals surface area contributed by atoms with Crippen molar-refractivity contribution in [1.82, 2.24) is 0 Å². The van der Waals surface area contributed by atoms with Crippen LogP contribution in [0.5, 0.6) is 0 Å². The third-order valence-electron chi connectivity index (χ3n) is 1.39. The van der Waals surface area contributed by atoms with Gasteiger partial charge in [-0.1, -0.05) is 19.6 Å². The Morgan fingerprint density at radius 2 is 2.18 bits per heavy atom. The Labute approximate surface area is 67.9 Å². The molecule has 0 aromatic carbocycles. The molecule has 11 heavy (non-hydrogen) atoms. The molecular formula is C7H13O3S. The molecule has 65 valence electrons. The van der Waals surface area contributed by atoms with Crippen molar-refractivity contribution in [2.75, 3.05) is 5.75 Å². The van der Waals surface area contributed by atoms with Crippen molar-refractivity contribution >= 4 is 10.1 Å². The third kappa shape index (κ3) is 7.55. The molecule has 0 aliphatic carbocycles. The molecule has 0 aromatic rings. The summed E-state index contributed by atoms with van der Waals surface area (Å²) in [7, 11) is -3.78. The molecule has 0 heterocycles. The minimum absolute atomic E-state index is 0.175. The van der Waals surface area contributed by atoms with Gasteiger partial charge in [0.05, 0.1) is 5.75 Å². The molecular weight excluding hydrogens is 164 g/mol. The van der Waals surface area contributed by atoms with Crippen molar-refractivity contribution < 1.29 is 13.0 Å². The van der Waals surface area contributed by atoms with E-state index in [2.05, 4.69) is 0 Å². The van der Waals surface area contributed by atoms with Crippen LogP contribution in [0.1, 0.15) is 19.8 Å². The summed E-state index contributed by atoms with van der Waals surface area (Å²) < 4.78 is 28.8. The van der Waals surface area contributed by atoms with Gasteiger partial charge in [-0.15, -0.1) is 0 Å². The van der Waals surface area contributed by atoms with Gasteiger partial charge in [-0.25, -0.2) is 0 Å². The molecule has 0 rings (SSSR count). The van der Waals surface area contributed by atoms with E-state index >= 15 is 0 Å². The van der Waals surface area contributed by atoms with Crippen molar-refractivity contribution in [3.05, 3.63) is 12.7 Å². The minimum atomic E-state index is -3.78. The molecule has 1 unspecified atom stereocenters. The van der Waals surface area contributed by atoms with Crippen LogP contribution in [0.4, 0.5) is 0 Å². The van der Waals surface area contributed by atoms with Crippen LogP contribution < -0.4 is 0 Å². The first kappa shape index (κ1) is 10.7. The van der Waals surface area contributed by atoms with Gasteiger partial charge in [-0.3, -0.25) is 4.55 Å². The lowest BCUT2D eigenvalue weighted by molar-refractivity contribution is 0.477. The summed E-state index contributed by atoms with van der Waals surface area (Å²) in [6.45, 7) is 7.08. The Bertz CT molecular complexity index is 206. The lowest BCUT2D eigenvalue weighted by Crippen LogP contribution is -2.04. The summed E-state index contributed by atoms with van der Waals surface area (Å²) in [5.74, 6) is 0.0299. The molecule has 0 aliphatic heterocycles. The summed E-state index contributed by atoms with van der Waals surface area (Å²) in [5, 5.41) is 0. The molecule has 1 N–H and O–H groups in total. The van der Waals surface area contributed by atoms with Gasteiger partial charge >= 0.3 is 0 Å². The number of rotatable bonds is 5. The van der Waals surface area contributed by atoms with E-state index in [0.717, 1.165) is 0 Å². The molecule has 0 aliphatic rings. The van der Waals surface area contributed by atoms with Gasteiger partial charge in [0.25, 0.3) is 10.1 Å². The number of hydrogen-bond acceptors (Lipinski definition) is 2. The maximum absolute atomic E-state index is 10.2. The first-order chi connectivity index (χ1) is 4.95. The fourth-order valence-corrected chi connectivity index (χ4v) is 1.22. The van der Waals surface area contributed by atoms with Crippen molar-refractivity contribution in [2.45, 2.75) is 19.8 Å². The van der Waals surface area contributed by atoms with Gasteiger partial charge < -0.3 is 0 Å². The van der Waals surface area contributed by atoms with Crippen molar-refractivity contribution in [3.8, 4) is 0 Å². The van der Waals surface area contributed by atoms with Crippen molar-refractivity contribution in [1.29, 1.82) is 0 Å². The van der Waals surface area contributed by atoms with E-state index < -0.39 is 10.1 Å². The van der Waals surface area contributed by atoms with Crippen LogP contribution in [0.25, 0.3) is 0 Å². The highest BCUT2D eigenvalue weighted by Gasteiger charge is 2.04. The van der Waals surface area contributed by atoms with E-state index in [0.29, 0.717) is 12.8 Å². The summed E-state index contributed by atoms with van der Waals surface area (Å²) in [5.41, 5.74) is 0. The zero-order valence-corrected chi connectivity index (χ0v) is 7.34. The summed E-state index contributed by atoms with van der Waals surface area (Å²) in [6.07, 6.45) is 2.66. The fourth-order valence-electron chi connectivity index (χ4n) is 0.684. The van der Waals surface area contributed by atoms with Gasteiger partial charge in [-0.05, 0) is 18.8 Å². The molecule has 0 bridgehead atoms. The SMILES string of the molecule is [CH]=CC(C)CCCS(=O)(=O)O. The minimum Gasteiger partial charge on any atom is -0.286 e. The number of hydrogen-bond donors (Lipinski definition) is 1. The molecule has 4 heteroatoms. The summed E-state index contributed by atoms with van der Waals surface area (Å²) in [4.78, 5) is 0. The Kier molecular flexibility index (Phi) is 4.37. The van der Waals surface area contributed by atoms with Gasteiger partial charge in [0, 0.05) is 0 Å². The van der Waals surface area contributed by atoms with E-state index in [-0.39, 0.29) is 11.7 Å². The highest BCUT2D eigenvalue weighted by Crippen LogP contribution is 2.06. The zero-order valence-electron chi connectivity index (χ0n) is 6.53. The van der Waals surface area contributed by atoms with Gasteiger partial charge in [-0.2, -0.15) is 8.42 Å². The molecule has 1 atom stereocenters.